The number of aliphatic carboxylic acids is 2. The molecule has 3 aliphatic heterocycles. The first-order valence-electron chi connectivity index (χ1n) is 17.7. The summed E-state index contributed by atoms with van der Waals surface area (Å²) in [6, 6.07) is 13.8. The molecule has 5 atom stereocenters. The maximum atomic E-state index is 14.6. The lowest BCUT2D eigenvalue weighted by Gasteiger charge is -2.33. The van der Waals surface area contributed by atoms with Crippen LogP contribution in [0.25, 0.3) is 11.1 Å². The third kappa shape index (κ3) is 9.48. The molecule has 11 nitrogen and oxygen atoms in total. The van der Waals surface area contributed by atoms with Crippen LogP contribution in [0.3, 0.4) is 0 Å². The summed E-state index contributed by atoms with van der Waals surface area (Å²) in [4.78, 5) is 70.6. The smallest absolute Gasteiger partial charge is 0.414 e. The predicted octanol–water partition coefficient (Wildman–Crippen LogP) is 6.54. The number of primary amides is 1. The molecule has 5 rings (SSSR count). The van der Waals surface area contributed by atoms with Crippen LogP contribution in [0.4, 0.5) is 0 Å². The average molecular weight is 837 g/mol. The third-order valence-electron chi connectivity index (χ3n) is 10.2. The molecule has 0 spiro atoms. The van der Waals surface area contributed by atoms with Gasteiger partial charge >= 0.3 is 18.9 Å². The van der Waals surface area contributed by atoms with E-state index >= 15 is 0 Å². The first-order chi connectivity index (χ1) is 25.8. The van der Waals surface area contributed by atoms with E-state index < -0.39 is 68.6 Å². The van der Waals surface area contributed by atoms with Crippen LogP contribution in [0.15, 0.2) is 101 Å². The summed E-state index contributed by atoms with van der Waals surface area (Å²) >= 11 is 9.71. The fourth-order valence-electron chi connectivity index (χ4n) is 7.37. The monoisotopic (exact) mass is 835 g/mol. The maximum Gasteiger partial charge on any atom is 0.414 e. The number of benzene rings is 2. The molecule has 3 unspecified atom stereocenters. The van der Waals surface area contributed by atoms with Gasteiger partial charge in [0.15, 0.2) is 0 Å². The predicted molar refractivity (Wildman–Crippen MR) is 218 cm³/mol. The Labute approximate surface area is 329 Å². The van der Waals surface area contributed by atoms with Crippen molar-refractivity contribution in [3.63, 3.8) is 0 Å². The number of nitrogens with one attached hydrogen (secondary N) is 1. The minimum Gasteiger partial charge on any atom is -0.481 e. The van der Waals surface area contributed by atoms with E-state index in [1.165, 1.54) is 10.1 Å². The Balaban J connectivity index is 1.55. The number of hydrogen-bond donors (Lipinski definition) is 4. The van der Waals surface area contributed by atoms with Gasteiger partial charge in [0, 0.05) is 35.3 Å². The van der Waals surface area contributed by atoms with Crippen molar-refractivity contribution in [2.24, 2.45) is 16.6 Å². The SMILES string of the molecule is C=C/C=C(\C=C/CBr)[P+]1(C[C@H]2CC3=CC(c4ccc(-c5cccc(Cl)c5)cc4)=NB(C(CCC(=O)O)C(=O)N[C@@H](CCC(=O)O)C(N)=O)N3C2=O)CC1C. The minimum atomic E-state index is -1.72. The molecule has 2 aromatic rings. The fourth-order valence-corrected chi connectivity index (χ4v) is 12.5. The van der Waals surface area contributed by atoms with E-state index in [2.05, 4.69) is 40.8 Å². The first kappa shape index (κ1) is 40.9. The summed E-state index contributed by atoms with van der Waals surface area (Å²) in [6.45, 7) is 4.99. The molecule has 0 radical (unpaired) electrons. The number of amides is 3. The number of hydrogen-bond acceptors (Lipinski definition) is 6. The van der Waals surface area contributed by atoms with Crippen molar-refractivity contribution < 1.29 is 34.2 Å². The van der Waals surface area contributed by atoms with Gasteiger partial charge in [0.2, 0.25) is 17.7 Å². The highest BCUT2D eigenvalue weighted by molar-refractivity contribution is 9.09. The number of carboxylic acids is 2. The highest BCUT2D eigenvalue weighted by Crippen LogP contribution is 2.84. The number of nitrogens with zero attached hydrogens (tertiary/aromatic N) is 2. The highest BCUT2D eigenvalue weighted by Gasteiger charge is 2.65. The van der Waals surface area contributed by atoms with Crippen molar-refractivity contribution in [3.05, 3.63) is 107 Å². The van der Waals surface area contributed by atoms with Gasteiger partial charge in [-0.15, -0.1) is 0 Å². The molecule has 5 N–H and O–H groups in total. The molecule has 0 bridgehead atoms. The van der Waals surface area contributed by atoms with Crippen LogP contribution in [-0.2, 0) is 24.0 Å². The molecule has 3 heterocycles. The van der Waals surface area contributed by atoms with Gasteiger partial charge in [0.1, 0.15) is 17.9 Å². The zero-order chi connectivity index (χ0) is 39.2. The first-order valence-corrected chi connectivity index (χ1v) is 21.4. The molecule has 3 amide bonds. The number of fused-ring (bicyclic) bond motifs is 1. The highest BCUT2D eigenvalue weighted by atomic mass is 79.9. The van der Waals surface area contributed by atoms with Crippen molar-refractivity contribution in [2.45, 2.75) is 56.5 Å². The van der Waals surface area contributed by atoms with E-state index in [1.807, 2.05) is 60.7 Å². The number of carbonyl (C=O) groups excluding carboxylic acids is 3. The van der Waals surface area contributed by atoms with Crippen molar-refractivity contribution in [1.82, 2.24) is 10.1 Å². The van der Waals surface area contributed by atoms with E-state index in [1.54, 1.807) is 12.1 Å². The molecule has 2 fully saturated rings. The molecular weight excluding hydrogens is 794 g/mol. The van der Waals surface area contributed by atoms with Crippen molar-refractivity contribution in [1.29, 1.82) is 0 Å². The molecular formula is C39H43BBrClN4O7P+. The van der Waals surface area contributed by atoms with Gasteiger partial charge in [-0.3, -0.25) is 24.0 Å². The van der Waals surface area contributed by atoms with E-state index in [4.69, 9.17) is 22.2 Å². The molecule has 0 aromatic heterocycles. The zero-order valence-electron chi connectivity index (χ0n) is 29.9. The Morgan fingerprint density at radius 2 is 1.78 bits per heavy atom. The molecule has 2 aromatic carbocycles. The number of allylic oxidation sites excluding steroid dienone is 7. The summed E-state index contributed by atoms with van der Waals surface area (Å²) in [6.07, 6.45) is 10.6. The summed E-state index contributed by atoms with van der Waals surface area (Å²) < 4.78 is 0. The summed E-state index contributed by atoms with van der Waals surface area (Å²) in [5.41, 5.74) is 9.72. The molecule has 0 saturated carbocycles. The molecule has 282 valence electrons. The molecule has 15 heteroatoms. The number of rotatable bonds is 18. The Bertz CT molecular complexity index is 1950. The Hall–Kier alpha value is -4.32. The largest absolute Gasteiger partial charge is 0.481 e. The van der Waals surface area contributed by atoms with Crippen molar-refractivity contribution >= 4 is 77.1 Å². The van der Waals surface area contributed by atoms with E-state index in [-0.39, 0.29) is 18.7 Å². The number of carboxylic acid groups (broad SMARTS) is 2. The van der Waals surface area contributed by atoms with Crippen LogP contribution in [0.5, 0.6) is 0 Å². The van der Waals surface area contributed by atoms with E-state index in [0.29, 0.717) is 40.0 Å². The van der Waals surface area contributed by atoms with Gasteiger partial charge in [-0.2, -0.15) is 0 Å². The van der Waals surface area contributed by atoms with Crippen molar-refractivity contribution in [3.8, 4) is 11.1 Å². The number of nitrogens with two attached hydrogens (primary N) is 1. The van der Waals surface area contributed by atoms with Gasteiger partial charge in [-0.05, 0) is 66.8 Å². The Morgan fingerprint density at radius 1 is 1.11 bits per heavy atom. The lowest BCUT2D eigenvalue weighted by atomic mass is 9.57. The van der Waals surface area contributed by atoms with Crippen LogP contribution in [0, 0.1) is 5.92 Å². The number of halogens is 2. The van der Waals surface area contributed by atoms with Crippen LogP contribution < -0.4 is 11.1 Å². The molecule has 2 saturated heterocycles. The minimum absolute atomic E-state index is 0.197. The van der Waals surface area contributed by atoms with Crippen LogP contribution in [0.2, 0.25) is 10.8 Å². The fraction of sp³-hybridized carbons (Fsp3) is 0.333. The number of alkyl halides is 1. The Morgan fingerprint density at radius 3 is 2.37 bits per heavy atom. The van der Waals surface area contributed by atoms with Gasteiger partial charge in [0.05, 0.1) is 36.2 Å². The number of carbonyl (C=O) groups is 5. The standard InChI is InChI=1S/C39H42BBrClN4O7P/c1-3-6-31(9-5-18-41)54(22-24(54)2)23-28-20-30-21-34(26-12-10-25(11-13-26)27-7-4-8-29(42)19-27)45-40(46(30)39(28)53)32(14-16-35(47)48)38(52)44-33(37(43)51)15-17-36(49)50/h3-13,19,21,24,28,32-33H,1,14-18,20,22-23H2,2H3,(H4-,43,44,47,48,49,50,51,52)/p+1/b9-5-,31-6+/t24?,28-,32?,33+,54?/m1/s1. The molecule has 54 heavy (non-hydrogen) atoms. The zero-order valence-corrected chi connectivity index (χ0v) is 33.1. The molecule has 0 aliphatic carbocycles. The van der Waals surface area contributed by atoms with E-state index in [0.717, 1.165) is 22.9 Å². The Kier molecular flexibility index (Phi) is 13.5. The van der Waals surface area contributed by atoms with Gasteiger partial charge in [0.25, 0.3) is 0 Å². The lowest BCUT2D eigenvalue weighted by Crippen LogP contribution is -2.53. The van der Waals surface area contributed by atoms with Gasteiger partial charge in [-0.25, -0.2) is 0 Å². The van der Waals surface area contributed by atoms with Crippen LogP contribution in [-0.4, -0.2) is 86.7 Å². The van der Waals surface area contributed by atoms with Gasteiger partial charge < -0.3 is 31.0 Å². The normalized spacial score (nSPS) is 21.9. The second kappa shape index (κ2) is 17.9. The second-order valence-corrected chi connectivity index (χ2v) is 19.1. The van der Waals surface area contributed by atoms with Gasteiger partial charge in [-0.1, -0.05) is 82.7 Å². The third-order valence-corrected chi connectivity index (χ3v) is 15.9. The summed E-state index contributed by atoms with van der Waals surface area (Å²) in [5, 5.41) is 24.0. The van der Waals surface area contributed by atoms with Crippen LogP contribution in [0.1, 0.15) is 44.6 Å². The quantitative estimate of drug-likeness (QED) is 0.0570. The molecule has 3 aliphatic rings. The summed E-state index contributed by atoms with van der Waals surface area (Å²) in [5.74, 6) is -5.82. The van der Waals surface area contributed by atoms with Crippen LogP contribution >= 0.6 is 34.8 Å². The average Bonchev–Trinajstić information content (AvgIpc) is 3.68. The lowest BCUT2D eigenvalue weighted by molar-refractivity contribution is -0.139. The topological polar surface area (TPSA) is 179 Å². The van der Waals surface area contributed by atoms with Crippen molar-refractivity contribution in [2.75, 3.05) is 17.7 Å². The second-order valence-electron chi connectivity index (χ2n) is 13.8. The maximum absolute atomic E-state index is 14.6. The van der Waals surface area contributed by atoms with E-state index in [9.17, 15) is 34.2 Å². The summed E-state index contributed by atoms with van der Waals surface area (Å²) in [7, 11) is -1.72.